The van der Waals surface area contributed by atoms with Crippen LogP contribution >= 0.6 is 11.3 Å². The predicted molar refractivity (Wildman–Crippen MR) is 93.7 cm³/mol. The van der Waals surface area contributed by atoms with Crippen LogP contribution in [0.2, 0.25) is 0 Å². The molecule has 23 heavy (non-hydrogen) atoms. The molecule has 3 rings (SSSR count). The summed E-state index contributed by atoms with van der Waals surface area (Å²) >= 11 is 1.85. The van der Waals surface area contributed by atoms with E-state index in [4.69, 9.17) is 4.74 Å². The molecule has 1 saturated heterocycles. The molecule has 1 atom stereocenters. The highest BCUT2D eigenvalue weighted by molar-refractivity contribution is 7.11. The van der Waals surface area contributed by atoms with Crippen LogP contribution in [0.15, 0.2) is 24.5 Å². The number of rotatable bonds is 7. The van der Waals surface area contributed by atoms with E-state index in [9.17, 15) is 0 Å². The van der Waals surface area contributed by atoms with Crippen LogP contribution in [0.5, 0.6) is 0 Å². The Hall–Kier alpha value is -1.50. The molecule has 1 aliphatic rings. The average Bonchev–Trinajstić information content (AvgIpc) is 3.18. The van der Waals surface area contributed by atoms with Gasteiger partial charge in [-0.2, -0.15) is 0 Å². The number of nitrogens with zero attached hydrogens (tertiary/aromatic N) is 3. The molecule has 3 heterocycles. The van der Waals surface area contributed by atoms with Crippen molar-refractivity contribution in [1.82, 2.24) is 14.9 Å². The van der Waals surface area contributed by atoms with Crippen LogP contribution in [0.4, 0.5) is 5.95 Å². The minimum Gasteiger partial charge on any atom is -0.376 e. The van der Waals surface area contributed by atoms with Gasteiger partial charge in [0.2, 0.25) is 5.95 Å². The van der Waals surface area contributed by atoms with Gasteiger partial charge in [0, 0.05) is 54.0 Å². The zero-order valence-electron chi connectivity index (χ0n) is 13.8. The van der Waals surface area contributed by atoms with Crippen molar-refractivity contribution in [3.8, 4) is 0 Å². The lowest BCUT2D eigenvalue weighted by Crippen LogP contribution is -2.20. The molecule has 1 fully saturated rings. The second-order valence-electron chi connectivity index (χ2n) is 6.12. The molecule has 0 spiro atoms. The summed E-state index contributed by atoms with van der Waals surface area (Å²) in [6, 6.07) is 4.37. The summed E-state index contributed by atoms with van der Waals surface area (Å²) in [5.41, 5.74) is 1.13. The van der Waals surface area contributed by atoms with Gasteiger partial charge in [-0.1, -0.05) is 0 Å². The van der Waals surface area contributed by atoms with Crippen LogP contribution in [0, 0.1) is 6.92 Å². The maximum atomic E-state index is 5.59. The first-order chi connectivity index (χ1) is 11.2. The summed E-state index contributed by atoms with van der Waals surface area (Å²) in [5, 5.41) is 3.25. The molecule has 124 valence electrons. The Morgan fingerprint density at radius 1 is 1.30 bits per heavy atom. The molecule has 1 N–H and O–H groups in total. The maximum absolute atomic E-state index is 5.59. The SMILES string of the molecule is Cc1ccc(CN(C)Cc2cnc(NC[C@H]3CCCO3)nc2)s1. The van der Waals surface area contributed by atoms with E-state index < -0.39 is 0 Å². The third-order valence-corrected chi connectivity index (χ3v) is 4.88. The van der Waals surface area contributed by atoms with Crippen molar-refractivity contribution in [3.63, 3.8) is 0 Å². The van der Waals surface area contributed by atoms with E-state index in [1.165, 1.54) is 9.75 Å². The molecule has 0 amide bonds. The molecule has 1 aliphatic heterocycles. The van der Waals surface area contributed by atoms with Crippen molar-refractivity contribution in [3.05, 3.63) is 39.8 Å². The van der Waals surface area contributed by atoms with Gasteiger partial charge in [-0.05, 0) is 38.9 Å². The fraction of sp³-hybridized carbons (Fsp3) is 0.529. The smallest absolute Gasteiger partial charge is 0.222 e. The fourth-order valence-corrected chi connectivity index (χ4v) is 3.71. The van der Waals surface area contributed by atoms with Crippen molar-refractivity contribution in [1.29, 1.82) is 0 Å². The first kappa shape index (κ1) is 16.4. The molecule has 0 unspecified atom stereocenters. The van der Waals surface area contributed by atoms with Crippen LogP contribution in [-0.4, -0.2) is 41.2 Å². The third-order valence-electron chi connectivity index (χ3n) is 3.89. The highest BCUT2D eigenvalue weighted by Gasteiger charge is 2.15. The monoisotopic (exact) mass is 332 g/mol. The Morgan fingerprint density at radius 3 is 2.78 bits per heavy atom. The van der Waals surface area contributed by atoms with E-state index in [0.29, 0.717) is 12.1 Å². The molecular formula is C17H24N4OS. The number of aryl methyl sites for hydroxylation is 1. The van der Waals surface area contributed by atoms with Gasteiger partial charge in [0.05, 0.1) is 6.10 Å². The van der Waals surface area contributed by atoms with Gasteiger partial charge in [0.25, 0.3) is 0 Å². The van der Waals surface area contributed by atoms with Crippen LogP contribution in [0.25, 0.3) is 0 Å². The first-order valence-electron chi connectivity index (χ1n) is 8.09. The second kappa shape index (κ2) is 7.86. The molecule has 0 bridgehead atoms. The Morgan fingerprint density at radius 2 is 2.13 bits per heavy atom. The number of anilines is 1. The Balaban J connectivity index is 1.46. The van der Waals surface area contributed by atoms with E-state index >= 15 is 0 Å². The van der Waals surface area contributed by atoms with E-state index in [0.717, 1.165) is 44.6 Å². The van der Waals surface area contributed by atoms with Crippen LogP contribution < -0.4 is 5.32 Å². The summed E-state index contributed by atoms with van der Waals surface area (Å²) in [6.45, 7) is 5.62. The van der Waals surface area contributed by atoms with Crippen molar-refractivity contribution in [2.45, 2.75) is 39.0 Å². The Kier molecular flexibility index (Phi) is 5.59. The molecule has 0 saturated carbocycles. The summed E-state index contributed by atoms with van der Waals surface area (Å²) < 4.78 is 5.59. The van der Waals surface area contributed by atoms with Gasteiger partial charge >= 0.3 is 0 Å². The predicted octanol–water partition coefficient (Wildman–Crippen LogP) is 3.07. The zero-order chi connectivity index (χ0) is 16.1. The summed E-state index contributed by atoms with van der Waals surface area (Å²) in [7, 11) is 2.12. The number of hydrogen-bond acceptors (Lipinski definition) is 6. The third kappa shape index (κ3) is 4.99. The number of aromatic nitrogens is 2. The number of ether oxygens (including phenoxy) is 1. The lowest BCUT2D eigenvalue weighted by Gasteiger charge is -2.15. The van der Waals surface area contributed by atoms with Gasteiger partial charge in [-0.3, -0.25) is 4.90 Å². The molecule has 2 aromatic rings. The first-order valence-corrected chi connectivity index (χ1v) is 8.91. The lowest BCUT2D eigenvalue weighted by atomic mass is 10.2. The standard InChI is InChI=1S/C17H24N4OS/c1-13-5-6-16(23-13)12-21(2)11-14-8-18-17(19-9-14)20-10-15-4-3-7-22-15/h5-6,8-9,15H,3-4,7,10-12H2,1-2H3,(H,18,19,20)/t15-/m1/s1. The average molecular weight is 332 g/mol. The summed E-state index contributed by atoms with van der Waals surface area (Å²) in [6.07, 6.45) is 6.39. The van der Waals surface area contributed by atoms with E-state index in [2.05, 4.69) is 46.3 Å². The molecule has 0 aromatic carbocycles. The van der Waals surface area contributed by atoms with Gasteiger partial charge in [0.1, 0.15) is 0 Å². The van der Waals surface area contributed by atoms with Crippen LogP contribution in [-0.2, 0) is 17.8 Å². The van der Waals surface area contributed by atoms with Gasteiger partial charge < -0.3 is 10.1 Å². The molecule has 6 heteroatoms. The number of nitrogens with one attached hydrogen (secondary N) is 1. The van der Waals surface area contributed by atoms with E-state index in [-0.39, 0.29) is 0 Å². The number of thiophene rings is 1. The van der Waals surface area contributed by atoms with Crippen LogP contribution in [0.1, 0.15) is 28.2 Å². The van der Waals surface area contributed by atoms with Crippen molar-refractivity contribution in [2.75, 3.05) is 25.5 Å². The van der Waals surface area contributed by atoms with Gasteiger partial charge in [-0.15, -0.1) is 11.3 Å². The highest BCUT2D eigenvalue weighted by atomic mass is 32.1. The Labute approximate surface area is 141 Å². The van der Waals surface area contributed by atoms with Crippen molar-refractivity contribution in [2.24, 2.45) is 0 Å². The van der Waals surface area contributed by atoms with E-state index in [1.807, 2.05) is 23.7 Å². The highest BCUT2D eigenvalue weighted by Crippen LogP contribution is 2.17. The van der Waals surface area contributed by atoms with E-state index in [1.54, 1.807) is 0 Å². The molecule has 2 aromatic heterocycles. The molecule has 0 radical (unpaired) electrons. The lowest BCUT2D eigenvalue weighted by molar-refractivity contribution is 0.120. The minimum absolute atomic E-state index is 0.304. The quantitative estimate of drug-likeness (QED) is 0.844. The Bertz CT molecular complexity index is 607. The normalized spacial score (nSPS) is 17.8. The van der Waals surface area contributed by atoms with Crippen molar-refractivity contribution < 1.29 is 4.74 Å². The van der Waals surface area contributed by atoms with Crippen LogP contribution in [0.3, 0.4) is 0 Å². The minimum atomic E-state index is 0.304. The maximum Gasteiger partial charge on any atom is 0.222 e. The van der Waals surface area contributed by atoms with Crippen molar-refractivity contribution >= 4 is 17.3 Å². The molecule has 0 aliphatic carbocycles. The van der Waals surface area contributed by atoms with Gasteiger partial charge in [-0.25, -0.2) is 9.97 Å². The summed E-state index contributed by atoms with van der Waals surface area (Å²) in [4.78, 5) is 13.8. The number of hydrogen-bond donors (Lipinski definition) is 1. The largest absolute Gasteiger partial charge is 0.376 e. The topological polar surface area (TPSA) is 50.3 Å². The fourth-order valence-electron chi connectivity index (χ4n) is 2.74. The van der Waals surface area contributed by atoms with Gasteiger partial charge in [0.15, 0.2) is 0 Å². The zero-order valence-corrected chi connectivity index (χ0v) is 14.6. The molecular weight excluding hydrogens is 308 g/mol. The summed E-state index contributed by atoms with van der Waals surface area (Å²) in [5.74, 6) is 0.681. The molecule has 5 nitrogen and oxygen atoms in total. The second-order valence-corrected chi connectivity index (χ2v) is 7.49.